The van der Waals surface area contributed by atoms with Crippen LogP contribution in [0, 0.1) is 6.92 Å². The van der Waals surface area contributed by atoms with Crippen LogP contribution in [0.1, 0.15) is 18.1 Å². The average molecular weight is 251 g/mol. The second-order valence-electron chi connectivity index (χ2n) is 5.14. The van der Waals surface area contributed by atoms with Gasteiger partial charge in [-0.1, -0.05) is 24.3 Å². The molecule has 0 saturated carbocycles. The zero-order chi connectivity index (χ0) is 13.5. The maximum absolute atomic E-state index is 4.58. The molecule has 3 rings (SSSR count). The van der Waals surface area contributed by atoms with Crippen molar-refractivity contribution in [2.75, 3.05) is 11.9 Å². The van der Waals surface area contributed by atoms with Crippen molar-refractivity contribution in [3.05, 3.63) is 53.9 Å². The number of nitrogens with zero attached hydrogens (tertiary/aromatic N) is 3. The summed E-state index contributed by atoms with van der Waals surface area (Å²) in [5, 5.41) is 0. The predicted octanol–water partition coefficient (Wildman–Crippen LogP) is 3.46. The summed E-state index contributed by atoms with van der Waals surface area (Å²) in [7, 11) is 2.11. The van der Waals surface area contributed by atoms with Gasteiger partial charge in [0.2, 0.25) is 0 Å². The van der Waals surface area contributed by atoms with Crippen LogP contribution in [0.15, 0.2) is 47.7 Å². The summed E-state index contributed by atoms with van der Waals surface area (Å²) in [5.41, 5.74) is 4.38. The van der Waals surface area contributed by atoms with Gasteiger partial charge in [-0.25, -0.2) is 0 Å². The highest BCUT2D eigenvalue weighted by molar-refractivity contribution is 5.88. The number of aromatic nitrogens is 1. The Kier molecular flexibility index (Phi) is 2.63. The molecule has 1 unspecified atom stereocenters. The van der Waals surface area contributed by atoms with E-state index in [0.29, 0.717) is 0 Å². The number of hydrogen-bond acceptors (Lipinski definition) is 3. The SMILES string of the molecule is Cc1ccccc1C1(C)C=Nc2cnccc2N1C. The third-order valence-corrected chi connectivity index (χ3v) is 3.98. The molecule has 0 aliphatic carbocycles. The quantitative estimate of drug-likeness (QED) is 0.776. The Morgan fingerprint density at radius 2 is 1.95 bits per heavy atom. The second-order valence-corrected chi connectivity index (χ2v) is 5.14. The molecule has 3 heteroatoms. The predicted molar refractivity (Wildman–Crippen MR) is 79.3 cm³/mol. The molecule has 0 amide bonds. The Labute approximate surface area is 113 Å². The lowest BCUT2D eigenvalue weighted by molar-refractivity contribution is 0.623. The van der Waals surface area contributed by atoms with E-state index in [4.69, 9.17) is 0 Å². The molecule has 96 valence electrons. The van der Waals surface area contributed by atoms with Crippen molar-refractivity contribution in [1.82, 2.24) is 4.98 Å². The first kappa shape index (κ1) is 11.9. The van der Waals surface area contributed by atoms with E-state index in [2.05, 4.69) is 60.0 Å². The van der Waals surface area contributed by atoms with Gasteiger partial charge in [0.1, 0.15) is 5.69 Å². The smallest absolute Gasteiger partial charge is 0.104 e. The number of anilines is 1. The number of aliphatic imine (C=N–C) groups is 1. The van der Waals surface area contributed by atoms with E-state index in [-0.39, 0.29) is 5.54 Å². The summed E-state index contributed by atoms with van der Waals surface area (Å²) < 4.78 is 0. The van der Waals surface area contributed by atoms with Crippen molar-refractivity contribution >= 4 is 17.6 Å². The van der Waals surface area contributed by atoms with Crippen LogP contribution in [0.25, 0.3) is 0 Å². The van der Waals surface area contributed by atoms with Crippen LogP contribution in [-0.4, -0.2) is 18.2 Å². The van der Waals surface area contributed by atoms with Gasteiger partial charge in [0.25, 0.3) is 0 Å². The van der Waals surface area contributed by atoms with Crippen LogP contribution in [-0.2, 0) is 5.54 Å². The average Bonchev–Trinajstić information content (AvgIpc) is 2.44. The molecule has 0 spiro atoms. The van der Waals surface area contributed by atoms with E-state index in [1.165, 1.54) is 11.1 Å². The molecule has 2 heterocycles. The van der Waals surface area contributed by atoms with Crippen LogP contribution in [0.2, 0.25) is 0 Å². The highest BCUT2D eigenvalue weighted by Gasteiger charge is 2.34. The topological polar surface area (TPSA) is 28.5 Å². The number of rotatable bonds is 1. The molecule has 0 bridgehead atoms. The van der Waals surface area contributed by atoms with Gasteiger partial charge in [-0.05, 0) is 31.0 Å². The summed E-state index contributed by atoms with van der Waals surface area (Å²) in [6.45, 7) is 4.34. The van der Waals surface area contributed by atoms with Gasteiger partial charge in [-0.15, -0.1) is 0 Å². The van der Waals surface area contributed by atoms with E-state index in [9.17, 15) is 0 Å². The normalized spacial score (nSPS) is 21.3. The fourth-order valence-electron chi connectivity index (χ4n) is 2.68. The van der Waals surface area contributed by atoms with Crippen molar-refractivity contribution in [2.24, 2.45) is 4.99 Å². The number of aryl methyl sites for hydroxylation is 1. The molecule has 0 saturated heterocycles. The Balaban J connectivity index is 2.16. The van der Waals surface area contributed by atoms with Gasteiger partial charge in [-0.3, -0.25) is 9.98 Å². The van der Waals surface area contributed by atoms with Crippen LogP contribution >= 0.6 is 0 Å². The molecule has 2 aromatic rings. The van der Waals surface area contributed by atoms with E-state index in [1.54, 1.807) is 6.20 Å². The molecule has 1 aliphatic rings. The number of benzene rings is 1. The highest BCUT2D eigenvalue weighted by Crippen LogP contribution is 2.40. The Hall–Kier alpha value is -2.16. The van der Waals surface area contributed by atoms with Crippen LogP contribution < -0.4 is 4.90 Å². The van der Waals surface area contributed by atoms with Crippen molar-refractivity contribution in [2.45, 2.75) is 19.4 Å². The van der Waals surface area contributed by atoms with Gasteiger partial charge in [0.05, 0.1) is 17.4 Å². The second kappa shape index (κ2) is 4.19. The molecular formula is C16H17N3. The maximum atomic E-state index is 4.58. The summed E-state index contributed by atoms with van der Waals surface area (Å²) in [5.74, 6) is 0. The summed E-state index contributed by atoms with van der Waals surface area (Å²) >= 11 is 0. The van der Waals surface area contributed by atoms with Crippen LogP contribution in [0.4, 0.5) is 11.4 Å². The lowest BCUT2D eigenvalue weighted by Gasteiger charge is -2.41. The molecule has 0 N–H and O–H groups in total. The molecule has 1 atom stereocenters. The first-order valence-electron chi connectivity index (χ1n) is 6.42. The molecule has 0 fully saturated rings. The lowest BCUT2D eigenvalue weighted by Crippen LogP contribution is -2.45. The molecule has 19 heavy (non-hydrogen) atoms. The molecular weight excluding hydrogens is 234 g/mol. The van der Waals surface area contributed by atoms with Gasteiger partial charge in [-0.2, -0.15) is 0 Å². The fourth-order valence-corrected chi connectivity index (χ4v) is 2.68. The van der Waals surface area contributed by atoms with E-state index >= 15 is 0 Å². The third kappa shape index (κ3) is 1.73. The summed E-state index contributed by atoms with van der Waals surface area (Å²) in [6, 6.07) is 10.5. The maximum Gasteiger partial charge on any atom is 0.104 e. The first-order valence-corrected chi connectivity index (χ1v) is 6.42. The van der Waals surface area contributed by atoms with Crippen molar-refractivity contribution in [1.29, 1.82) is 0 Å². The fraction of sp³-hybridized carbons (Fsp3) is 0.250. The first-order chi connectivity index (χ1) is 9.13. The van der Waals surface area contributed by atoms with Crippen LogP contribution in [0.5, 0.6) is 0 Å². The Morgan fingerprint density at radius 1 is 1.16 bits per heavy atom. The van der Waals surface area contributed by atoms with Gasteiger partial charge >= 0.3 is 0 Å². The zero-order valence-electron chi connectivity index (χ0n) is 11.5. The molecule has 1 aliphatic heterocycles. The van der Waals surface area contributed by atoms with E-state index in [0.717, 1.165) is 11.4 Å². The van der Waals surface area contributed by atoms with Crippen molar-refractivity contribution < 1.29 is 0 Å². The summed E-state index contributed by atoms with van der Waals surface area (Å²) in [6.07, 6.45) is 5.63. The Bertz CT molecular complexity index is 648. The van der Waals surface area contributed by atoms with E-state index < -0.39 is 0 Å². The number of hydrogen-bond donors (Lipinski definition) is 0. The number of pyridine rings is 1. The zero-order valence-corrected chi connectivity index (χ0v) is 11.5. The molecule has 0 radical (unpaired) electrons. The van der Waals surface area contributed by atoms with Gasteiger partial charge in [0, 0.05) is 19.5 Å². The van der Waals surface area contributed by atoms with Crippen LogP contribution in [0.3, 0.4) is 0 Å². The standard InChI is InChI=1S/C16H17N3/c1-12-6-4-5-7-13(12)16(2)11-18-14-10-17-9-8-15(14)19(16)3/h4-11H,1-3H3. The number of fused-ring (bicyclic) bond motifs is 1. The highest BCUT2D eigenvalue weighted by atomic mass is 15.2. The molecule has 1 aromatic carbocycles. The minimum absolute atomic E-state index is 0.223. The van der Waals surface area contributed by atoms with Crippen molar-refractivity contribution in [3.8, 4) is 0 Å². The minimum atomic E-state index is -0.223. The Morgan fingerprint density at radius 3 is 2.74 bits per heavy atom. The lowest BCUT2D eigenvalue weighted by atomic mass is 9.87. The molecule has 1 aromatic heterocycles. The van der Waals surface area contributed by atoms with E-state index in [1.807, 2.05) is 18.5 Å². The largest absolute Gasteiger partial charge is 0.358 e. The van der Waals surface area contributed by atoms with Gasteiger partial charge < -0.3 is 4.90 Å². The molecule has 3 nitrogen and oxygen atoms in total. The van der Waals surface area contributed by atoms with Gasteiger partial charge in [0.15, 0.2) is 0 Å². The summed E-state index contributed by atoms with van der Waals surface area (Å²) in [4.78, 5) is 11.0. The monoisotopic (exact) mass is 251 g/mol. The minimum Gasteiger partial charge on any atom is -0.358 e. The van der Waals surface area contributed by atoms with Crippen molar-refractivity contribution in [3.63, 3.8) is 0 Å². The third-order valence-electron chi connectivity index (χ3n) is 3.98.